The Labute approximate surface area is 393 Å². The molecule has 0 amide bonds. The average molecular weight is 991 g/mol. The van der Waals surface area contributed by atoms with Crippen LogP contribution in [-0.4, -0.2) is 13.2 Å². The van der Waals surface area contributed by atoms with Crippen LogP contribution >= 0.6 is 54.5 Å². The number of rotatable bonds is 38. The van der Waals surface area contributed by atoms with Crippen LogP contribution in [0.1, 0.15) is 233 Å². The lowest BCUT2D eigenvalue weighted by atomic mass is 9.94. The Balaban J connectivity index is 1.54. The summed E-state index contributed by atoms with van der Waals surface area (Å²) in [6, 6.07) is 9.39. The number of unbranched alkanes of at least 4 members (excludes halogenated alkanes) is 24. The van der Waals surface area contributed by atoms with Crippen LogP contribution in [-0.2, 0) is 0 Å². The van der Waals surface area contributed by atoms with Gasteiger partial charge in [-0.3, -0.25) is 0 Å². The van der Waals surface area contributed by atoms with E-state index < -0.39 is 0 Å². The number of hydrogen-bond acceptors (Lipinski definition) is 4. The van der Waals surface area contributed by atoms with Crippen molar-refractivity contribution in [2.45, 2.75) is 233 Å². The molecule has 2 heterocycles. The van der Waals surface area contributed by atoms with E-state index in [1.54, 1.807) is 0 Å². The number of ether oxygens (including phenoxy) is 2. The summed E-state index contributed by atoms with van der Waals surface area (Å²) in [4.78, 5) is 0. The van der Waals surface area contributed by atoms with Gasteiger partial charge in [0.05, 0.1) is 30.2 Å². The monoisotopic (exact) mass is 988 g/mol. The summed E-state index contributed by atoms with van der Waals surface area (Å²) in [5.74, 6) is 3.33. The molecule has 4 aromatic rings. The summed E-state index contributed by atoms with van der Waals surface area (Å²) >= 11 is 11.4. The van der Waals surface area contributed by atoms with Gasteiger partial charge in [0.2, 0.25) is 0 Å². The molecule has 6 heteroatoms. The van der Waals surface area contributed by atoms with E-state index in [9.17, 15) is 0 Å². The quantitative estimate of drug-likeness (QED) is 0.0417. The first-order valence-electron chi connectivity index (χ1n) is 25.5. The highest BCUT2D eigenvalue weighted by Gasteiger charge is 2.22. The molecule has 340 valence electrons. The lowest BCUT2D eigenvalue weighted by molar-refractivity contribution is 0.227. The second kappa shape index (κ2) is 31.9. The molecule has 2 nitrogen and oxygen atoms in total. The van der Waals surface area contributed by atoms with E-state index in [4.69, 9.17) is 9.47 Å². The molecule has 2 aromatic heterocycles. The fraction of sp³-hybridized carbons (Fsp3) is 0.741. The van der Waals surface area contributed by atoms with Crippen molar-refractivity contribution in [2.75, 3.05) is 13.2 Å². The molecule has 0 saturated heterocycles. The highest BCUT2D eigenvalue weighted by Crippen LogP contribution is 2.49. The van der Waals surface area contributed by atoms with Crippen molar-refractivity contribution in [2.24, 2.45) is 11.8 Å². The Bertz CT molecular complexity index is 1570. The van der Waals surface area contributed by atoms with Gasteiger partial charge in [-0.15, -0.1) is 22.7 Å². The molecule has 2 aromatic carbocycles. The van der Waals surface area contributed by atoms with Crippen LogP contribution in [0.4, 0.5) is 0 Å². The van der Waals surface area contributed by atoms with Crippen molar-refractivity contribution in [3.63, 3.8) is 0 Å². The number of fused-ring (bicyclic) bond motifs is 3. The van der Waals surface area contributed by atoms with E-state index in [-0.39, 0.29) is 0 Å². The van der Waals surface area contributed by atoms with Crippen molar-refractivity contribution in [3.05, 3.63) is 31.8 Å². The predicted octanol–water partition coefficient (Wildman–Crippen LogP) is 21.3. The van der Waals surface area contributed by atoms with E-state index in [0.717, 1.165) is 32.3 Å². The fourth-order valence-corrected chi connectivity index (χ4v) is 12.5. The second-order valence-electron chi connectivity index (χ2n) is 18.4. The molecule has 0 radical (unpaired) electrons. The minimum atomic E-state index is 0.596. The van der Waals surface area contributed by atoms with E-state index in [0.29, 0.717) is 11.8 Å². The molecule has 0 aliphatic heterocycles. The molecule has 0 spiro atoms. The Hall–Kier alpha value is -0.820. The van der Waals surface area contributed by atoms with Crippen LogP contribution in [0.5, 0.6) is 11.5 Å². The molecule has 60 heavy (non-hydrogen) atoms. The third-order valence-corrected chi connectivity index (χ3v) is 16.3. The summed E-state index contributed by atoms with van der Waals surface area (Å²) in [5.41, 5.74) is 0. The molecule has 0 saturated carbocycles. The van der Waals surface area contributed by atoms with Gasteiger partial charge in [0.1, 0.15) is 11.5 Å². The van der Waals surface area contributed by atoms with Crippen LogP contribution in [0.15, 0.2) is 31.8 Å². The zero-order valence-electron chi connectivity index (χ0n) is 38.9. The molecule has 2 unspecified atom stereocenters. The van der Waals surface area contributed by atoms with Gasteiger partial charge in [-0.2, -0.15) is 0 Å². The zero-order chi connectivity index (χ0) is 42.6. The third kappa shape index (κ3) is 19.1. The van der Waals surface area contributed by atoms with Crippen molar-refractivity contribution < 1.29 is 9.47 Å². The number of thiophene rings is 2. The minimum absolute atomic E-state index is 0.596. The van der Waals surface area contributed by atoms with Gasteiger partial charge >= 0.3 is 0 Å². The van der Waals surface area contributed by atoms with Crippen molar-refractivity contribution in [3.8, 4) is 11.5 Å². The predicted molar refractivity (Wildman–Crippen MR) is 279 cm³/mol. The van der Waals surface area contributed by atoms with Gasteiger partial charge in [-0.05, 0) is 104 Å². The lowest BCUT2D eigenvalue weighted by Gasteiger charge is -2.21. The van der Waals surface area contributed by atoms with E-state index >= 15 is 0 Å². The van der Waals surface area contributed by atoms with Crippen LogP contribution < -0.4 is 9.47 Å². The maximum Gasteiger partial charge on any atom is 0.145 e. The Morgan fingerprint density at radius 3 is 0.933 bits per heavy atom. The molecular weight excluding hydrogens is 905 g/mol. The van der Waals surface area contributed by atoms with Gasteiger partial charge in [0.25, 0.3) is 0 Å². The fourth-order valence-electron chi connectivity index (χ4n) is 9.28. The summed E-state index contributed by atoms with van der Waals surface area (Å²) in [6.45, 7) is 10.9. The van der Waals surface area contributed by atoms with Gasteiger partial charge in [-0.25, -0.2) is 0 Å². The zero-order valence-corrected chi connectivity index (χ0v) is 43.7. The van der Waals surface area contributed by atoms with Gasteiger partial charge in [0, 0.05) is 10.8 Å². The lowest BCUT2D eigenvalue weighted by Crippen LogP contribution is -2.14. The molecule has 0 aliphatic carbocycles. The number of halogens is 2. The summed E-state index contributed by atoms with van der Waals surface area (Å²) < 4.78 is 19.2. The van der Waals surface area contributed by atoms with Crippen LogP contribution in [0, 0.1) is 11.8 Å². The Kier molecular flexibility index (Phi) is 27.6. The maximum atomic E-state index is 7.19. The smallest absolute Gasteiger partial charge is 0.145 e. The number of hydrogen-bond donors (Lipinski definition) is 0. The first-order valence-corrected chi connectivity index (χ1v) is 28.7. The summed E-state index contributed by atoms with van der Waals surface area (Å²) in [5, 5.41) is 4.94. The van der Waals surface area contributed by atoms with E-state index in [1.165, 1.54) is 236 Å². The molecule has 0 N–H and O–H groups in total. The normalized spacial score (nSPS) is 13.0. The van der Waals surface area contributed by atoms with Crippen LogP contribution in [0.2, 0.25) is 0 Å². The first kappa shape index (κ1) is 51.8. The summed E-state index contributed by atoms with van der Waals surface area (Å²) in [6.07, 6.45) is 43.4. The van der Waals surface area contributed by atoms with Crippen molar-refractivity contribution in [1.82, 2.24) is 0 Å². The Morgan fingerprint density at radius 2 is 0.650 bits per heavy atom. The topological polar surface area (TPSA) is 18.5 Å². The first-order chi connectivity index (χ1) is 29.5. The molecule has 0 bridgehead atoms. The van der Waals surface area contributed by atoms with Crippen molar-refractivity contribution in [1.29, 1.82) is 0 Å². The second-order valence-corrected chi connectivity index (χ2v) is 23.3. The SMILES string of the molecule is CCCCCCCCCCC(CCCCCCCC)COc1c2cc3cc(Br)sc3c(OCC(CCCCCCCC)CCCCCCCCCC)c2cc2cc(Br)sc12. The van der Waals surface area contributed by atoms with Crippen LogP contribution in [0.3, 0.4) is 0 Å². The van der Waals surface area contributed by atoms with E-state index in [1.807, 2.05) is 22.7 Å². The van der Waals surface area contributed by atoms with Gasteiger partial charge in [0.15, 0.2) is 0 Å². The minimum Gasteiger partial charge on any atom is -0.491 e. The van der Waals surface area contributed by atoms with Gasteiger partial charge in [-0.1, -0.05) is 207 Å². The largest absolute Gasteiger partial charge is 0.491 e. The van der Waals surface area contributed by atoms with Crippen molar-refractivity contribution >= 4 is 85.5 Å². The molecule has 0 aliphatic rings. The average Bonchev–Trinajstić information content (AvgIpc) is 3.82. The highest BCUT2D eigenvalue weighted by molar-refractivity contribution is 9.11. The maximum absolute atomic E-state index is 7.19. The highest BCUT2D eigenvalue weighted by atomic mass is 79.9. The Morgan fingerprint density at radius 1 is 0.383 bits per heavy atom. The third-order valence-electron chi connectivity index (χ3n) is 13.0. The molecule has 4 rings (SSSR count). The number of benzene rings is 2. The molecule has 0 fully saturated rings. The van der Waals surface area contributed by atoms with E-state index in [2.05, 4.69) is 83.8 Å². The standard InChI is InChI=1S/C54H86Br2O2S2/c1-5-9-13-17-21-23-27-31-35-43(33-29-25-19-15-11-7-3)41-57-51-47-37-46-40-50(56)60-54(46)52(48(47)38-45-39-49(55)59-53(45)51)58-42-44(34-30-26-20-16-12-8-4)36-32-28-24-22-18-14-10-6-2/h37-40,43-44H,5-36,41-42H2,1-4H3. The van der Waals surface area contributed by atoms with Crippen LogP contribution in [0.25, 0.3) is 30.9 Å². The molecular formula is C54H86Br2O2S2. The summed E-state index contributed by atoms with van der Waals surface area (Å²) in [7, 11) is 0. The molecule has 2 atom stereocenters. The van der Waals surface area contributed by atoms with Gasteiger partial charge < -0.3 is 9.47 Å².